The lowest BCUT2D eigenvalue weighted by Crippen LogP contribution is -2.04. The average Bonchev–Trinajstić information content (AvgIpc) is 2.76. The molecule has 5 nitrogen and oxygen atoms in total. The first-order chi connectivity index (χ1) is 6.79. The minimum atomic E-state index is 0.451. The summed E-state index contributed by atoms with van der Waals surface area (Å²) in [6, 6.07) is 0. The summed E-state index contributed by atoms with van der Waals surface area (Å²) in [5.41, 5.74) is 0.971. The predicted octanol–water partition coefficient (Wildman–Crippen LogP) is 0.799. The van der Waals surface area contributed by atoms with E-state index in [2.05, 4.69) is 15.1 Å². The van der Waals surface area contributed by atoms with Crippen LogP contribution in [0.5, 0.6) is 0 Å². The highest BCUT2D eigenvalue weighted by molar-refractivity contribution is 6.16. The molecule has 14 heavy (non-hydrogen) atoms. The molecule has 0 unspecified atom stereocenters. The van der Waals surface area contributed by atoms with Crippen molar-refractivity contribution in [3.8, 4) is 0 Å². The molecule has 0 bridgehead atoms. The topological polar surface area (TPSA) is 48.5 Å². The number of nitrogens with zero attached hydrogens (tertiary/aromatic N) is 5. The van der Waals surface area contributed by atoms with E-state index in [0.29, 0.717) is 12.4 Å². The maximum atomic E-state index is 5.74. The number of rotatable bonds is 3. The number of hydrogen-bond donors (Lipinski definition) is 0. The van der Waals surface area contributed by atoms with Gasteiger partial charge in [0, 0.05) is 13.2 Å². The van der Waals surface area contributed by atoms with Crippen molar-refractivity contribution in [3.05, 3.63) is 30.4 Å². The minimum absolute atomic E-state index is 0.451. The Kier molecular flexibility index (Phi) is 2.49. The normalized spacial score (nSPS) is 10.7. The van der Waals surface area contributed by atoms with Gasteiger partial charge in [0.15, 0.2) is 5.82 Å². The molecular weight excluding hydrogens is 202 g/mol. The van der Waals surface area contributed by atoms with Gasteiger partial charge >= 0.3 is 0 Å². The minimum Gasteiger partial charge on any atom is -0.326 e. The molecular formula is C8H10ClN5. The second-order valence-electron chi connectivity index (χ2n) is 2.98. The number of aromatic nitrogens is 5. The zero-order valence-electron chi connectivity index (χ0n) is 7.76. The fourth-order valence-corrected chi connectivity index (χ4v) is 1.43. The van der Waals surface area contributed by atoms with Crippen LogP contribution < -0.4 is 0 Å². The van der Waals surface area contributed by atoms with E-state index in [1.54, 1.807) is 23.5 Å². The van der Waals surface area contributed by atoms with Crippen LogP contribution in [0.2, 0.25) is 0 Å². The molecule has 0 spiro atoms. The lowest BCUT2D eigenvalue weighted by molar-refractivity contribution is 0.689. The first-order valence-corrected chi connectivity index (χ1v) is 4.72. The highest BCUT2D eigenvalue weighted by Crippen LogP contribution is 2.04. The third-order valence-corrected chi connectivity index (χ3v) is 2.17. The summed E-state index contributed by atoms with van der Waals surface area (Å²) in [6.45, 7) is 0.614. The monoisotopic (exact) mass is 211 g/mol. The molecule has 0 aromatic carbocycles. The van der Waals surface area contributed by atoms with Gasteiger partial charge in [-0.3, -0.25) is 4.68 Å². The van der Waals surface area contributed by atoms with Crippen molar-refractivity contribution in [3.63, 3.8) is 0 Å². The summed E-state index contributed by atoms with van der Waals surface area (Å²) < 4.78 is 3.61. The molecule has 0 N–H and O–H groups in total. The lowest BCUT2D eigenvalue weighted by Gasteiger charge is -2.01. The molecule has 0 atom stereocenters. The average molecular weight is 212 g/mol. The van der Waals surface area contributed by atoms with E-state index in [9.17, 15) is 0 Å². The van der Waals surface area contributed by atoms with Crippen molar-refractivity contribution in [1.82, 2.24) is 24.3 Å². The van der Waals surface area contributed by atoms with Crippen LogP contribution in [0.15, 0.2) is 18.9 Å². The van der Waals surface area contributed by atoms with E-state index in [-0.39, 0.29) is 0 Å². The molecule has 2 aromatic heterocycles. The van der Waals surface area contributed by atoms with E-state index < -0.39 is 0 Å². The quantitative estimate of drug-likeness (QED) is 0.706. The summed E-state index contributed by atoms with van der Waals surface area (Å²) in [5, 5.41) is 4.17. The van der Waals surface area contributed by atoms with Crippen molar-refractivity contribution in [2.75, 3.05) is 0 Å². The van der Waals surface area contributed by atoms with Crippen LogP contribution in [0.4, 0.5) is 0 Å². The molecule has 0 radical (unpaired) electrons. The Labute approximate surface area is 86.4 Å². The third kappa shape index (κ3) is 1.77. The molecule has 0 fully saturated rings. The highest BCUT2D eigenvalue weighted by atomic mass is 35.5. The Morgan fingerprint density at radius 1 is 1.43 bits per heavy atom. The fraction of sp³-hybridized carbons (Fsp3) is 0.375. The third-order valence-electron chi connectivity index (χ3n) is 1.89. The molecule has 6 heteroatoms. The summed E-state index contributed by atoms with van der Waals surface area (Å²) in [6.07, 6.45) is 5.15. The molecule has 0 aliphatic rings. The Hall–Kier alpha value is -1.36. The van der Waals surface area contributed by atoms with Crippen molar-refractivity contribution < 1.29 is 0 Å². The zero-order chi connectivity index (χ0) is 9.97. The van der Waals surface area contributed by atoms with Gasteiger partial charge in [0.2, 0.25) is 0 Å². The van der Waals surface area contributed by atoms with Gasteiger partial charge in [-0.1, -0.05) is 0 Å². The Morgan fingerprint density at radius 3 is 2.93 bits per heavy atom. The summed E-state index contributed by atoms with van der Waals surface area (Å²) in [5.74, 6) is 1.21. The van der Waals surface area contributed by atoms with Gasteiger partial charge in [-0.05, 0) is 0 Å². The van der Waals surface area contributed by atoms with Crippen molar-refractivity contribution in [2.45, 2.75) is 12.4 Å². The number of halogens is 1. The van der Waals surface area contributed by atoms with Crippen molar-refractivity contribution in [1.29, 1.82) is 0 Å². The number of aryl methyl sites for hydroxylation is 1. The van der Waals surface area contributed by atoms with Crippen LogP contribution in [0.1, 0.15) is 11.5 Å². The molecule has 0 aliphatic carbocycles. The Bertz CT molecular complexity index is 419. The maximum Gasteiger partial charge on any atom is 0.170 e. The summed E-state index contributed by atoms with van der Waals surface area (Å²) in [7, 11) is 1.84. The smallest absolute Gasteiger partial charge is 0.170 e. The van der Waals surface area contributed by atoms with Crippen LogP contribution in [0.3, 0.4) is 0 Å². The van der Waals surface area contributed by atoms with Crippen molar-refractivity contribution >= 4 is 11.6 Å². The van der Waals surface area contributed by atoms with Crippen LogP contribution in [0.25, 0.3) is 0 Å². The van der Waals surface area contributed by atoms with E-state index in [1.165, 1.54) is 0 Å². The van der Waals surface area contributed by atoms with Gasteiger partial charge < -0.3 is 4.57 Å². The fourth-order valence-electron chi connectivity index (χ4n) is 1.21. The molecule has 2 rings (SSSR count). The lowest BCUT2D eigenvalue weighted by atomic mass is 10.5. The van der Waals surface area contributed by atoms with E-state index in [0.717, 1.165) is 11.5 Å². The standard InChI is InChI=1S/C8H10ClN5/c1-13-6-11-8(12-13)4-14-5-10-3-7(14)2-9/h3,5-6H,2,4H2,1H3. The van der Waals surface area contributed by atoms with Gasteiger partial charge in [0.25, 0.3) is 0 Å². The van der Waals surface area contributed by atoms with Crippen molar-refractivity contribution in [2.24, 2.45) is 7.05 Å². The van der Waals surface area contributed by atoms with Gasteiger partial charge in [0.1, 0.15) is 6.33 Å². The SMILES string of the molecule is Cn1cnc(Cn2cncc2CCl)n1. The van der Waals surface area contributed by atoms with E-state index in [4.69, 9.17) is 11.6 Å². The maximum absolute atomic E-state index is 5.74. The van der Waals surface area contributed by atoms with Gasteiger partial charge in [-0.25, -0.2) is 9.97 Å². The molecule has 0 saturated heterocycles. The molecule has 2 heterocycles. The second-order valence-corrected chi connectivity index (χ2v) is 3.25. The first-order valence-electron chi connectivity index (χ1n) is 4.19. The number of imidazole rings is 1. The van der Waals surface area contributed by atoms with Crippen LogP contribution in [-0.2, 0) is 19.5 Å². The molecule has 0 amide bonds. The number of hydrogen-bond acceptors (Lipinski definition) is 3. The molecule has 0 saturated carbocycles. The largest absolute Gasteiger partial charge is 0.326 e. The molecule has 0 aliphatic heterocycles. The van der Waals surface area contributed by atoms with Crippen LogP contribution in [-0.4, -0.2) is 24.3 Å². The zero-order valence-corrected chi connectivity index (χ0v) is 8.52. The van der Waals surface area contributed by atoms with Gasteiger partial charge in [-0.2, -0.15) is 5.10 Å². The molecule has 74 valence electrons. The number of alkyl halides is 1. The van der Waals surface area contributed by atoms with E-state index in [1.807, 2.05) is 11.6 Å². The van der Waals surface area contributed by atoms with Crippen LogP contribution in [0, 0.1) is 0 Å². The van der Waals surface area contributed by atoms with Gasteiger partial charge in [0.05, 0.1) is 24.4 Å². The van der Waals surface area contributed by atoms with E-state index >= 15 is 0 Å². The Morgan fingerprint density at radius 2 is 2.29 bits per heavy atom. The Balaban J connectivity index is 2.18. The summed E-state index contributed by atoms with van der Waals surface area (Å²) >= 11 is 5.74. The highest BCUT2D eigenvalue weighted by Gasteiger charge is 2.04. The molecule has 2 aromatic rings. The van der Waals surface area contributed by atoms with Crippen LogP contribution >= 0.6 is 11.6 Å². The second kappa shape index (κ2) is 3.79. The summed E-state index contributed by atoms with van der Waals surface area (Å²) in [4.78, 5) is 8.14. The van der Waals surface area contributed by atoms with Gasteiger partial charge in [-0.15, -0.1) is 11.6 Å². The first kappa shape index (κ1) is 9.21. The predicted molar refractivity (Wildman–Crippen MR) is 51.9 cm³/mol.